The van der Waals surface area contributed by atoms with Crippen LogP contribution in [0.4, 0.5) is 0 Å². The first-order chi connectivity index (χ1) is 4.97. The molecule has 0 saturated carbocycles. The highest BCUT2D eigenvalue weighted by molar-refractivity contribution is 5.85. The predicted molar refractivity (Wildman–Crippen MR) is 46.8 cm³/mol. The van der Waals surface area contributed by atoms with Gasteiger partial charge >= 0.3 is 0 Å². The molecule has 3 heteroatoms. The topological polar surface area (TPSA) is 25.8 Å². The molecule has 0 spiro atoms. The van der Waals surface area contributed by atoms with Gasteiger partial charge in [0.1, 0.15) is 0 Å². The van der Waals surface area contributed by atoms with Gasteiger partial charge in [-0.2, -0.15) is 0 Å². The Balaban J connectivity index is 0.000000605. The Morgan fingerprint density at radius 1 is 0.818 bits per heavy atom. The fourth-order valence-electron chi connectivity index (χ4n) is 0.910. The van der Waals surface area contributed by atoms with Crippen LogP contribution in [0.2, 0.25) is 0 Å². The molecule has 2 nitrogen and oxygen atoms in total. The minimum absolute atomic E-state index is 0. The van der Waals surface area contributed by atoms with Gasteiger partial charge in [-0.1, -0.05) is 12.1 Å². The minimum Gasteiger partial charge on any atom is -0.253 e. The van der Waals surface area contributed by atoms with Gasteiger partial charge in [-0.25, -0.2) is 0 Å². The molecule has 0 unspecified atom stereocenters. The van der Waals surface area contributed by atoms with Crippen molar-refractivity contribution in [3.05, 3.63) is 36.7 Å². The molecule has 56 valence electrons. The maximum atomic E-state index is 4.12. The zero-order chi connectivity index (χ0) is 6.81. The Bertz CT molecular complexity index is 283. The zero-order valence-corrected chi connectivity index (χ0v) is 6.58. The summed E-state index contributed by atoms with van der Waals surface area (Å²) in [6, 6.07) is 7.80. The van der Waals surface area contributed by atoms with Crippen molar-refractivity contribution in [2.24, 2.45) is 0 Å². The summed E-state index contributed by atoms with van der Waals surface area (Å²) >= 11 is 0. The number of benzene rings is 1. The van der Waals surface area contributed by atoms with Crippen LogP contribution in [0.15, 0.2) is 36.7 Å². The van der Waals surface area contributed by atoms with Gasteiger partial charge in [-0.05, 0) is 12.1 Å². The third-order valence-corrected chi connectivity index (χ3v) is 1.38. The standard InChI is InChI=1S/C8H6N2.ClH/c1-2-4-8-7(3-1)9-5-6-10-8;/h1-6H;1H. The van der Waals surface area contributed by atoms with E-state index in [-0.39, 0.29) is 12.4 Å². The van der Waals surface area contributed by atoms with Gasteiger partial charge in [0.05, 0.1) is 11.0 Å². The molecule has 1 aromatic carbocycles. The van der Waals surface area contributed by atoms with Gasteiger partial charge in [0.15, 0.2) is 0 Å². The van der Waals surface area contributed by atoms with Gasteiger partial charge in [-0.3, -0.25) is 9.97 Å². The molecule has 0 aliphatic rings. The maximum absolute atomic E-state index is 4.12. The van der Waals surface area contributed by atoms with Gasteiger partial charge in [0.2, 0.25) is 0 Å². The SMILES string of the molecule is Cl.c1ccc2nccnc2c1. The number of aromatic nitrogens is 2. The molecule has 0 amide bonds. The van der Waals surface area contributed by atoms with E-state index in [2.05, 4.69) is 9.97 Å². The third-order valence-electron chi connectivity index (χ3n) is 1.38. The highest BCUT2D eigenvalue weighted by atomic mass is 35.5. The van der Waals surface area contributed by atoms with E-state index in [1.54, 1.807) is 12.4 Å². The Morgan fingerprint density at radius 3 is 1.73 bits per heavy atom. The molecule has 0 fully saturated rings. The largest absolute Gasteiger partial charge is 0.253 e. The second-order valence-corrected chi connectivity index (χ2v) is 2.05. The van der Waals surface area contributed by atoms with Crippen LogP contribution >= 0.6 is 12.4 Å². The van der Waals surface area contributed by atoms with Crippen molar-refractivity contribution in [1.29, 1.82) is 0 Å². The summed E-state index contributed by atoms with van der Waals surface area (Å²) in [6.07, 6.45) is 3.39. The molecule has 2 rings (SSSR count). The van der Waals surface area contributed by atoms with Crippen molar-refractivity contribution in [3.8, 4) is 0 Å². The van der Waals surface area contributed by atoms with Crippen molar-refractivity contribution in [2.45, 2.75) is 0 Å². The minimum atomic E-state index is 0. The lowest BCUT2D eigenvalue weighted by atomic mass is 10.3. The number of hydrogen-bond acceptors (Lipinski definition) is 2. The van der Waals surface area contributed by atoms with Gasteiger partial charge in [0, 0.05) is 12.4 Å². The Labute approximate surface area is 70.7 Å². The second kappa shape index (κ2) is 3.30. The van der Waals surface area contributed by atoms with E-state index >= 15 is 0 Å². The van der Waals surface area contributed by atoms with Crippen LogP contribution in [-0.2, 0) is 0 Å². The molecule has 11 heavy (non-hydrogen) atoms. The van der Waals surface area contributed by atoms with Gasteiger partial charge in [0.25, 0.3) is 0 Å². The predicted octanol–water partition coefficient (Wildman–Crippen LogP) is 2.05. The average Bonchev–Trinajstić information content (AvgIpc) is 2.05. The van der Waals surface area contributed by atoms with Crippen LogP contribution in [0, 0.1) is 0 Å². The van der Waals surface area contributed by atoms with Crippen molar-refractivity contribution in [2.75, 3.05) is 0 Å². The third kappa shape index (κ3) is 1.46. The summed E-state index contributed by atoms with van der Waals surface area (Å²) in [7, 11) is 0. The molecule has 0 saturated heterocycles. The van der Waals surface area contributed by atoms with E-state index in [0.717, 1.165) is 11.0 Å². The van der Waals surface area contributed by atoms with Gasteiger partial charge in [-0.15, -0.1) is 12.4 Å². The Hall–Kier alpha value is -1.15. The second-order valence-electron chi connectivity index (χ2n) is 2.05. The smallest absolute Gasteiger partial charge is 0.0886 e. The normalized spacial score (nSPS) is 9.09. The average molecular weight is 167 g/mol. The molecule has 0 aliphatic heterocycles. The molecule has 0 bridgehead atoms. The van der Waals surface area contributed by atoms with Crippen LogP contribution in [-0.4, -0.2) is 9.97 Å². The number of halogens is 1. The summed E-state index contributed by atoms with van der Waals surface area (Å²) in [5.41, 5.74) is 1.90. The number of hydrogen-bond donors (Lipinski definition) is 0. The summed E-state index contributed by atoms with van der Waals surface area (Å²) in [6.45, 7) is 0. The molecule has 0 radical (unpaired) electrons. The van der Waals surface area contributed by atoms with E-state index in [4.69, 9.17) is 0 Å². The fraction of sp³-hybridized carbons (Fsp3) is 0. The summed E-state index contributed by atoms with van der Waals surface area (Å²) in [5.74, 6) is 0. The number of fused-ring (bicyclic) bond motifs is 1. The van der Waals surface area contributed by atoms with E-state index in [1.165, 1.54) is 0 Å². The number of nitrogens with zero attached hydrogens (tertiary/aromatic N) is 2. The summed E-state index contributed by atoms with van der Waals surface area (Å²) in [4.78, 5) is 8.24. The van der Waals surface area contributed by atoms with E-state index in [9.17, 15) is 0 Å². The quantitative estimate of drug-likeness (QED) is 0.599. The van der Waals surface area contributed by atoms with Crippen LogP contribution in [0.3, 0.4) is 0 Å². The highest BCUT2D eigenvalue weighted by Gasteiger charge is 1.88. The molecule has 0 atom stereocenters. The first-order valence-corrected chi connectivity index (χ1v) is 3.12. The van der Waals surface area contributed by atoms with Crippen molar-refractivity contribution in [1.82, 2.24) is 9.97 Å². The van der Waals surface area contributed by atoms with Crippen LogP contribution in [0.1, 0.15) is 0 Å². The van der Waals surface area contributed by atoms with Crippen molar-refractivity contribution in [3.63, 3.8) is 0 Å². The lowest BCUT2D eigenvalue weighted by Crippen LogP contribution is -1.78. The van der Waals surface area contributed by atoms with E-state index in [1.807, 2.05) is 24.3 Å². The molecular weight excluding hydrogens is 160 g/mol. The van der Waals surface area contributed by atoms with E-state index < -0.39 is 0 Å². The fourth-order valence-corrected chi connectivity index (χ4v) is 0.910. The van der Waals surface area contributed by atoms with Crippen molar-refractivity contribution >= 4 is 23.4 Å². The Morgan fingerprint density at radius 2 is 1.27 bits per heavy atom. The first kappa shape index (κ1) is 7.95. The molecule has 1 aromatic heterocycles. The lowest BCUT2D eigenvalue weighted by Gasteiger charge is -1.90. The summed E-state index contributed by atoms with van der Waals surface area (Å²) in [5, 5.41) is 0. The number of rotatable bonds is 0. The van der Waals surface area contributed by atoms with Crippen LogP contribution in [0.5, 0.6) is 0 Å². The highest BCUT2D eigenvalue weighted by Crippen LogP contribution is 2.04. The molecule has 2 aromatic rings. The molecule has 0 aliphatic carbocycles. The monoisotopic (exact) mass is 166 g/mol. The molecular formula is C8H7ClN2. The Kier molecular flexibility index (Phi) is 2.39. The lowest BCUT2D eigenvalue weighted by molar-refractivity contribution is 1.29. The summed E-state index contributed by atoms with van der Waals surface area (Å²) < 4.78 is 0. The van der Waals surface area contributed by atoms with Crippen molar-refractivity contribution < 1.29 is 0 Å². The van der Waals surface area contributed by atoms with Crippen LogP contribution in [0.25, 0.3) is 11.0 Å². The van der Waals surface area contributed by atoms with Crippen LogP contribution < -0.4 is 0 Å². The molecule has 0 N–H and O–H groups in total. The van der Waals surface area contributed by atoms with Gasteiger partial charge < -0.3 is 0 Å². The first-order valence-electron chi connectivity index (χ1n) is 3.12. The number of para-hydroxylation sites is 2. The maximum Gasteiger partial charge on any atom is 0.0886 e. The molecule has 1 heterocycles. The van der Waals surface area contributed by atoms with E-state index in [0.29, 0.717) is 0 Å². The zero-order valence-electron chi connectivity index (χ0n) is 5.77.